The van der Waals surface area contributed by atoms with Crippen molar-refractivity contribution in [2.75, 3.05) is 5.73 Å². The van der Waals surface area contributed by atoms with Gasteiger partial charge in [-0.25, -0.2) is 0 Å². The van der Waals surface area contributed by atoms with Crippen LogP contribution in [0.15, 0.2) is 12.1 Å². The molecule has 0 bridgehead atoms. The number of aliphatic hydroxyl groups is 1. The fraction of sp³-hybridized carbons (Fsp3) is 0.423. The number of fused-ring (bicyclic) bond motifs is 3. The van der Waals surface area contributed by atoms with Crippen molar-refractivity contribution in [2.24, 2.45) is 23.5 Å². The molecule has 12 heteroatoms. The number of aromatic hydroxyl groups is 3. The Balaban J connectivity index is 1.79. The number of phenolic OH excluding ortho intramolecular Hbond substituents is 3. The van der Waals surface area contributed by atoms with Crippen LogP contribution in [0, 0.1) is 17.8 Å². The van der Waals surface area contributed by atoms with Crippen LogP contribution in [0.5, 0.6) is 17.2 Å². The largest absolute Gasteiger partial charge is 0.507 e. The number of anilines is 1. The highest BCUT2D eigenvalue weighted by Gasteiger charge is 2.66. The second-order valence-electron chi connectivity index (χ2n) is 10.2. The lowest BCUT2D eigenvalue weighted by Crippen LogP contribution is -2.65. The molecule has 2 aromatic carbocycles. The van der Waals surface area contributed by atoms with Crippen LogP contribution in [0.4, 0.5) is 5.69 Å². The number of benzene rings is 2. The molecule has 0 aromatic heterocycles. The first kappa shape index (κ1) is 25.5. The Morgan fingerprint density at radius 3 is 2.26 bits per heavy atom. The standard InChI is InChI=1S/C26H26N2O10/c27-11-6-7-12(29)15-14(11)19(31)17-18(20(15)32)23(34)26(37)10(8-13(30)16(22(26)33)24(28)35)21(17)38-25(36)9-4-2-1-3-5-9/h6-7,9-10,16,21,29,31-32,37H,1-5,8,27H2,(H2,28,35)/t10-,16?,21-,26-/m1/s1. The molecule has 0 heterocycles. The fourth-order valence-corrected chi connectivity index (χ4v) is 6.13. The molecule has 0 spiro atoms. The highest BCUT2D eigenvalue weighted by atomic mass is 16.5. The Labute approximate surface area is 215 Å². The van der Waals surface area contributed by atoms with Crippen LogP contribution in [-0.4, -0.2) is 55.3 Å². The third kappa shape index (κ3) is 3.36. The normalized spacial score (nSPS) is 27.6. The summed E-state index contributed by atoms with van der Waals surface area (Å²) in [6, 6.07) is 2.33. The first-order chi connectivity index (χ1) is 17.9. The second kappa shape index (κ2) is 8.69. The molecule has 1 amide bonds. The Morgan fingerprint density at radius 1 is 0.974 bits per heavy atom. The fourth-order valence-electron chi connectivity index (χ4n) is 6.13. The summed E-state index contributed by atoms with van der Waals surface area (Å²) in [7, 11) is 0. The van der Waals surface area contributed by atoms with E-state index >= 15 is 0 Å². The van der Waals surface area contributed by atoms with Crippen molar-refractivity contribution in [2.45, 2.75) is 50.2 Å². The average Bonchev–Trinajstić information content (AvgIpc) is 2.87. The van der Waals surface area contributed by atoms with Crippen molar-refractivity contribution in [3.63, 3.8) is 0 Å². The maximum Gasteiger partial charge on any atom is 0.309 e. The van der Waals surface area contributed by atoms with Gasteiger partial charge in [0.1, 0.15) is 23.4 Å². The van der Waals surface area contributed by atoms with Crippen molar-refractivity contribution in [1.29, 1.82) is 0 Å². The molecular formula is C26H26N2O10. The summed E-state index contributed by atoms with van der Waals surface area (Å²) in [5, 5.41) is 43.7. The number of nitrogens with two attached hydrogens (primary N) is 2. The van der Waals surface area contributed by atoms with Crippen molar-refractivity contribution in [3.8, 4) is 17.2 Å². The van der Waals surface area contributed by atoms with Crippen molar-refractivity contribution < 1.29 is 49.1 Å². The summed E-state index contributed by atoms with van der Waals surface area (Å²) in [6.07, 6.45) is 0.923. The molecule has 1 unspecified atom stereocenters. The number of carbonyl (C=O) groups excluding carboxylic acids is 5. The maximum absolute atomic E-state index is 13.7. The molecule has 4 atom stereocenters. The minimum Gasteiger partial charge on any atom is -0.507 e. The SMILES string of the molecule is NC(=O)C1C(=O)C[C@@H]2[C@@H](OC(=O)C3CCCCC3)c3c(c(O)c4c(O)ccc(N)c4c3O)C(=O)[C@]2(O)C1=O. The molecular weight excluding hydrogens is 500 g/mol. The van der Waals surface area contributed by atoms with Crippen LogP contribution in [0.1, 0.15) is 60.6 Å². The molecule has 3 aliphatic rings. The van der Waals surface area contributed by atoms with Crippen LogP contribution in [0.3, 0.4) is 0 Å². The quantitative estimate of drug-likeness (QED) is 0.142. The van der Waals surface area contributed by atoms with Gasteiger partial charge in [-0.15, -0.1) is 0 Å². The number of amides is 1. The monoisotopic (exact) mass is 526 g/mol. The van der Waals surface area contributed by atoms with Crippen molar-refractivity contribution >= 4 is 45.7 Å². The zero-order valence-corrected chi connectivity index (χ0v) is 20.1. The van der Waals surface area contributed by atoms with E-state index in [1.54, 1.807) is 0 Å². The van der Waals surface area contributed by atoms with Gasteiger partial charge in [-0.2, -0.15) is 0 Å². The molecule has 200 valence electrons. The maximum atomic E-state index is 13.7. The third-order valence-corrected chi connectivity index (χ3v) is 8.06. The number of nitrogen functional groups attached to an aromatic ring is 1. The Hall–Kier alpha value is -4.19. The van der Waals surface area contributed by atoms with Gasteiger partial charge in [-0.1, -0.05) is 19.3 Å². The first-order valence-electron chi connectivity index (χ1n) is 12.2. The number of Topliss-reactive ketones (excluding diaryl/α,β-unsaturated/α-hetero) is 3. The topological polar surface area (TPSA) is 228 Å². The van der Waals surface area contributed by atoms with Gasteiger partial charge in [-0.3, -0.25) is 24.0 Å². The van der Waals surface area contributed by atoms with Crippen LogP contribution < -0.4 is 11.5 Å². The average molecular weight is 526 g/mol. The molecule has 12 nitrogen and oxygen atoms in total. The Kier molecular flexibility index (Phi) is 5.82. The lowest BCUT2D eigenvalue weighted by Gasteiger charge is -2.46. The smallest absolute Gasteiger partial charge is 0.309 e. The number of primary amides is 1. The van der Waals surface area contributed by atoms with Gasteiger partial charge in [0.15, 0.2) is 23.1 Å². The third-order valence-electron chi connectivity index (χ3n) is 8.06. The summed E-state index contributed by atoms with van der Waals surface area (Å²) < 4.78 is 5.74. The van der Waals surface area contributed by atoms with E-state index in [2.05, 4.69) is 0 Å². The summed E-state index contributed by atoms with van der Waals surface area (Å²) in [5.74, 6) is -12.7. The number of ether oxygens (including phenoxy) is 1. The van der Waals surface area contributed by atoms with Crippen LogP contribution >= 0.6 is 0 Å². The molecule has 2 fully saturated rings. The summed E-state index contributed by atoms with van der Waals surface area (Å²) >= 11 is 0. The molecule has 2 saturated carbocycles. The van der Waals surface area contributed by atoms with Gasteiger partial charge >= 0.3 is 5.97 Å². The van der Waals surface area contributed by atoms with Crippen LogP contribution in [0.2, 0.25) is 0 Å². The van der Waals surface area contributed by atoms with Gasteiger partial charge in [0.05, 0.1) is 33.7 Å². The van der Waals surface area contributed by atoms with Crippen molar-refractivity contribution in [1.82, 2.24) is 0 Å². The second-order valence-corrected chi connectivity index (χ2v) is 10.2. The van der Waals surface area contributed by atoms with E-state index in [9.17, 15) is 44.4 Å². The van der Waals surface area contributed by atoms with Crippen LogP contribution in [0.25, 0.3) is 10.8 Å². The number of ketones is 3. The van der Waals surface area contributed by atoms with E-state index in [4.69, 9.17) is 16.2 Å². The van der Waals surface area contributed by atoms with Crippen molar-refractivity contribution in [3.05, 3.63) is 23.3 Å². The number of carbonyl (C=O) groups is 5. The minimum absolute atomic E-state index is 0.108. The van der Waals surface area contributed by atoms with Crippen LogP contribution in [-0.2, 0) is 23.9 Å². The Morgan fingerprint density at radius 2 is 1.63 bits per heavy atom. The zero-order valence-electron chi connectivity index (χ0n) is 20.1. The molecule has 38 heavy (non-hydrogen) atoms. The molecule has 2 aromatic rings. The number of hydrogen-bond donors (Lipinski definition) is 6. The van der Waals surface area contributed by atoms with E-state index in [-0.39, 0.29) is 11.1 Å². The molecule has 0 radical (unpaired) electrons. The molecule has 0 saturated heterocycles. The van der Waals surface area contributed by atoms with Gasteiger partial charge in [0.2, 0.25) is 11.7 Å². The highest BCUT2D eigenvalue weighted by Crippen LogP contribution is 2.57. The van der Waals surface area contributed by atoms with Gasteiger partial charge in [-0.05, 0) is 25.0 Å². The number of hydrogen-bond acceptors (Lipinski definition) is 11. The van der Waals surface area contributed by atoms with Gasteiger partial charge in [0, 0.05) is 12.1 Å². The summed E-state index contributed by atoms with van der Waals surface area (Å²) in [4.78, 5) is 65.0. The van der Waals surface area contributed by atoms with Gasteiger partial charge < -0.3 is 36.6 Å². The number of esters is 1. The molecule has 5 rings (SSSR count). The predicted octanol–water partition coefficient (Wildman–Crippen LogP) is 0.890. The van der Waals surface area contributed by atoms with E-state index in [0.29, 0.717) is 12.8 Å². The first-order valence-corrected chi connectivity index (χ1v) is 12.2. The summed E-state index contributed by atoms with van der Waals surface area (Å²) in [5.41, 5.74) is 6.74. The molecule has 3 aliphatic carbocycles. The predicted molar refractivity (Wildman–Crippen MR) is 129 cm³/mol. The van der Waals surface area contributed by atoms with E-state index < -0.39 is 98.9 Å². The zero-order chi connectivity index (χ0) is 27.7. The lowest BCUT2D eigenvalue weighted by molar-refractivity contribution is -0.176. The van der Waals surface area contributed by atoms with E-state index in [0.717, 1.165) is 25.3 Å². The number of rotatable bonds is 3. The summed E-state index contributed by atoms with van der Waals surface area (Å²) in [6.45, 7) is 0. The number of phenols is 3. The molecule has 0 aliphatic heterocycles. The lowest BCUT2D eigenvalue weighted by atomic mass is 9.59. The minimum atomic E-state index is -3.11. The van der Waals surface area contributed by atoms with E-state index in [1.807, 2.05) is 0 Å². The molecule has 8 N–H and O–H groups in total. The van der Waals surface area contributed by atoms with E-state index in [1.165, 1.54) is 6.07 Å². The Bertz CT molecular complexity index is 1440. The van der Waals surface area contributed by atoms with Gasteiger partial charge in [0.25, 0.3) is 0 Å². The highest BCUT2D eigenvalue weighted by molar-refractivity contribution is 6.32.